The number of rotatable bonds is 1. The van der Waals surface area contributed by atoms with Crippen molar-refractivity contribution in [2.75, 3.05) is 13.1 Å². The molecular weight excluding hydrogens is 216 g/mol. The Hall–Kier alpha value is -0.770. The van der Waals surface area contributed by atoms with Crippen molar-refractivity contribution in [1.29, 1.82) is 0 Å². The molecule has 1 spiro atoms. The van der Waals surface area contributed by atoms with Gasteiger partial charge in [-0.3, -0.25) is 4.90 Å². The Kier molecular flexibility index (Phi) is 3.10. The van der Waals surface area contributed by atoms with Crippen LogP contribution in [0.4, 0.5) is 4.79 Å². The molecule has 0 radical (unpaired) electrons. The molecule has 98 valence electrons. The number of amides is 1. The van der Waals surface area contributed by atoms with E-state index in [0.717, 1.165) is 32.4 Å². The molecule has 2 rings (SSSR count). The van der Waals surface area contributed by atoms with E-state index in [4.69, 9.17) is 4.74 Å². The van der Waals surface area contributed by atoms with Gasteiger partial charge >= 0.3 is 6.09 Å². The molecule has 1 unspecified atom stereocenters. The minimum absolute atomic E-state index is 0.0635. The predicted octanol–water partition coefficient (Wildman–Crippen LogP) is 2.14. The summed E-state index contributed by atoms with van der Waals surface area (Å²) in [7, 11) is 0. The first-order chi connectivity index (χ1) is 7.86. The van der Waals surface area contributed by atoms with Gasteiger partial charge in [0.1, 0.15) is 5.60 Å². The number of nitrogens with one attached hydrogen (secondary N) is 1. The highest BCUT2D eigenvalue weighted by molar-refractivity contribution is 5.70. The molecule has 0 aromatic heterocycles. The van der Waals surface area contributed by atoms with Gasteiger partial charge in [0.15, 0.2) is 0 Å². The summed E-state index contributed by atoms with van der Waals surface area (Å²) in [5, 5.41) is 3.52. The summed E-state index contributed by atoms with van der Waals surface area (Å²) in [4.78, 5) is 14.2. The van der Waals surface area contributed by atoms with Gasteiger partial charge in [-0.15, -0.1) is 0 Å². The van der Waals surface area contributed by atoms with E-state index >= 15 is 0 Å². The average molecular weight is 240 g/mol. The third-order valence-electron chi connectivity index (χ3n) is 3.63. The summed E-state index contributed by atoms with van der Waals surface area (Å²) < 4.78 is 5.50. The molecule has 1 heterocycles. The molecule has 0 aromatic rings. The number of hydrogen-bond acceptors (Lipinski definition) is 3. The van der Waals surface area contributed by atoms with Crippen LogP contribution in [0.25, 0.3) is 0 Å². The quantitative estimate of drug-likeness (QED) is 0.763. The second kappa shape index (κ2) is 4.16. The van der Waals surface area contributed by atoms with Crippen LogP contribution in [0.5, 0.6) is 0 Å². The Balaban J connectivity index is 2.03. The number of hydrogen-bond donors (Lipinski definition) is 1. The maximum absolute atomic E-state index is 12.2. The monoisotopic (exact) mass is 240 g/mol. The molecule has 0 aromatic carbocycles. The molecule has 0 bridgehead atoms. The molecular formula is C13H24N2O2. The maximum atomic E-state index is 12.2. The fourth-order valence-electron chi connectivity index (χ4n) is 2.36. The van der Waals surface area contributed by atoms with Crippen LogP contribution in [0.15, 0.2) is 0 Å². The molecule has 2 fully saturated rings. The molecule has 2 aliphatic rings. The zero-order chi connectivity index (χ0) is 12.7. The van der Waals surface area contributed by atoms with Crippen LogP contribution >= 0.6 is 0 Å². The SMILES string of the molecule is CCC1CN(C(=O)OC(C)(C)C)C2(CC2)CN1. The first kappa shape index (κ1) is 12.7. The van der Waals surface area contributed by atoms with E-state index in [1.165, 1.54) is 0 Å². The minimum Gasteiger partial charge on any atom is -0.444 e. The van der Waals surface area contributed by atoms with Crippen LogP contribution in [-0.2, 0) is 4.74 Å². The molecule has 17 heavy (non-hydrogen) atoms. The molecule has 1 aliphatic carbocycles. The molecule has 1 atom stereocenters. The van der Waals surface area contributed by atoms with Gasteiger partial charge in [0.2, 0.25) is 0 Å². The van der Waals surface area contributed by atoms with E-state index in [-0.39, 0.29) is 11.6 Å². The lowest BCUT2D eigenvalue weighted by atomic mass is 10.1. The maximum Gasteiger partial charge on any atom is 0.410 e. The molecule has 1 aliphatic heterocycles. The van der Waals surface area contributed by atoms with Crippen LogP contribution in [0, 0.1) is 0 Å². The van der Waals surface area contributed by atoms with Crippen molar-refractivity contribution in [3.63, 3.8) is 0 Å². The Labute approximate surface area is 104 Å². The standard InChI is InChI=1S/C13H24N2O2/c1-5-10-8-15(11(16)17-12(2,3)4)13(6-7-13)9-14-10/h10,14H,5-9H2,1-4H3. The van der Waals surface area contributed by atoms with Crippen molar-refractivity contribution < 1.29 is 9.53 Å². The topological polar surface area (TPSA) is 41.6 Å². The van der Waals surface area contributed by atoms with Gasteiger partial charge in [-0.1, -0.05) is 6.92 Å². The van der Waals surface area contributed by atoms with E-state index in [9.17, 15) is 4.79 Å². The van der Waals surface area contributed by atoms with Crippen LogP contribution in [0.1, 0.15) is 47.0 Å². The number of carbonyl (C=O) groups is 1. The molecule has 1 N–H and O–H groups in total. The molecule has 1 amide bonds. The van der Waals surface area contributed by atoms with Gasteiger partial charge in [-0.25, -0.2) is 4.79 Å². The Morgan fingerprint density at radius 2 is 2.12 bits per heavy atom. The minimum atomic E-state index is -0.403. The molecule has 1 saturated carbocycles. The smallest absolute Gasteiger partial charge is 0.410 e. The third kappa shape index (κ3) is 2.73. The van der Waals surface area contributed by atoms with E-state index in [0.29, 0.717) is 6.04 Å². The zero-order valence-electron chi connectivity index (χ0n) is 11.4. The highest BCUT2D eigenvalue weighted by Gasteiger charge is 2.53. The predicted molar refractivity (Wildman–Crippen MR) is 67.0 cm³/mol. The zero-order valence-corrected chi connectivity index (χ0v) is 11.4. The fraction of sp³-hybridized carbons (Fsp3) is 0.923. The molecule has 4 heteroatoms. The molecule has 4 nitrogen and oxygen atoms in total. The second-order valence-corrected chi connectivity index (χ2v) is 6.30. The number of nitrogens with zero attached hydrogens (tertiary/aromatic N) is 1. The number of carbonyl (C=O) groups excluding carboxylic acids is 1. The third-order valence-corrected chi connectivity index (χ3v) is 3.63. The Morgan fingerprint density at radius 3 is 2.59 bits per heavy atom. The first-order valence-electron chi connectivity index (χ1n) is 6.60. The number of ether oxygens (including phenoxy) is 1. The Bertz CT molecular complexity index is 305. The lowest BCUT2D eigenvalue weighted by Gasteiger charge is -2.41. The highest BCUT2D eigenvalue weighted by atomic mass is 16.6. The second-order valence-electron chi connectivity index (χ2n) is 6.30. The van der Waals surface area contributed by atoms with Crippen molar-refractivity contribution >= 4 is 6.09 Å². The average Bonchev–Trinajstić information content (AvgIpc) is 2.97. The van der Waals surface area contributed by atoms with Gasteiger partial charge in [-0.2, -0.15) is 0 Å². The van der Waals surface area contributed by atoms with Crippen molar-refractivity contribution in [3.8, 4) is 0 Å². The van der Waals surface area contributed by atoms with Crippen LogP contribution in [0.2, 0.25) is 0 Å². The summed E-state index contributed by atoms with van der Waals surface area (Å²) in [6.45, 7) is 9.61. The van der Waals surface area contributed by atoms with E-state index in [2.05, 4.69) is 12.2 Å². The van der Waals surface area contributed by atoms with Gasteiger partial charge < -0.3 is 10.1 Å². The van der Waals surface area contributed by atoms with Crippen LogP contribution in [-0.4, -0.2) is 41.3 Å². The van der Waals surface area contributed by atoms with Crippen molar-refractivity contribution in [2.24, 2.45) is 0 Å². The first-order valence-corrected chi connectivity index (χ1v) is 6.60. The molecule has 1 saturated heterocycles. The summed E-state index contributed by atoms with van der Waals surface area (Å²) in [6, 6.07) is 0.411. The summed E-state index contributed by atoms with van der Waals surface area (Å²) in [5.74, 6) is 0. The Morgan fingerprint density at radius 1 is 1.47 bits per heavy atom. The fourth-order valence-corrected chi connectivity index (χ4v) is 2.36. The normalized spacial score (nSPS) is 27.1. The highest BCUT2D eigenvalue weighted by Crippen LogP contribution is 2.43. The van der Waals surface area contributed by atoms with Crippen molar-refractivity contribution in [3.05, 3.63) is 0 Å². The van der Waals surface area contributed by atoms with Gasteiger partial charge in [0.05, 0.1) is 5.54 Å². The lowest BCUT2D eigenvalue weighted by Crippen LogP contribution is -2.60. The van der Waals surface area contributed by atoms with Crippen molar-refractivity contribution in [2.45, 2.75) is 64.1 Å². The van der Waals surface area contributed by atoms with E-state index in [1.54, 1.807) is 0 Å². The van der Waals surface area contributed by atoms with Gasteiger partial charge in [-0.05, 0) is 40.0 Å². The summed E-state index contributed by atoms with van der Waals surface area (Å²) in [5.41, 5.74) is -0.340. The largest absolute Gasteiger partial charge is 0.444 e. The summed E-state index contributed by atoms with van der Waals surface area (Å²) >= 11 is 0. The van der Waals surface area contributed by atoms with Crippen LogP contribution in [0.3, 0.4) is 0 Å². The van der Waals surface area contributed by atoms with E-state index in [1.807, 2.05) is 25.7 Å². The van der Waals surface area contributed by atoms with Gasteiger partial charge in [0.25, 0.3) is 0 Å². The van der Waals surface area contributed by atoms with E-state index < -0.39 is 5.60 Å². The van der Waals surface area contributed by atoms with Crippen LogP contribution < -0.4 is 5.32 Å². The van der Waals surface area contributed by atoms with Crippen molar-refractivity contribution in [1.82, 2.24) is 10.2 Å². The van der Waals surface area contributed by atoms with Gasteiger partial charge in [0, 0.05) is 19.1 Å². The number of piperazine rings is 1. The summed E-state index contributed by atoms with van der Waals surface area (Å²) in [6.07, 6.45) is 3.12. The lowest BCUT2D eigenvalue weighted by molar-refractivity contribution is 0.00313.